The van der Waals surface area contributed by atoms with E-state index < -0.39 is 0 Å². The Labute approximate surface area is 178 Å². The van der Waals surface area contributed by atoms with E-state index in [2.05, 4.69) is 0 Å². The van der Waals surface area contributed by atoms with Crippen molar-refractivity contribution < 1.29 is 19.1 Å². The Morgan fingerprint density at radius 3 is 1.36 bits per heavy atom. The van der Waals surface area contributed by atoms with Crippen LogP contribution in [0.5, 0.6) is 0 Å². The van der Waals surface area contributed by atoms with Crippen molar-refractivity contribution in [3.8, 4) is 0 Å². The first-order valence-corrected chi connectivity index (χ1v) is 10.7. The molecule has 0 fully saturated rings. The van der Waals surface area contributed by atoms with Gasteiger partial charge in [-0.1, -0.05) is 11.8 Å². The molecule has 0 amide bonds. The molecule has 2 unspecified atom stereocenters. The van der Waals surface area contributed by atoms with Crippen LogP contribution in [0.1, 0.15) is 34.6 Å². The van der Waals surface area contributed by atoms with Crippen molar-refractivity contribution in [1.82, 2.24) is 0 Å². The Morgan fingerprint density at radius 1 is 0.760 bits per heavy atom. The molecular weight excluding hydrogens is 566 g/mol. The fourth-order valence-electron chi connectivity index (χ4n) is 1.89. The van der Waals surface area contributed by atoms with Gasteiger partial charge in [-0.2, -0.15) is 0 Å². The average Bonchev–Trinajstić information content (AvgIpc) is 2.55. The second-order valence-electron chi connectivity index (χ2n) is 5.05. The lowest BCUT2D eigenvalue weighted by Gasteiger charge is -2.08. The predicted molar refractivity (Wildman–Crippen MR) is 115 cm³/mol. The topological polar surface area (TPSA) is 52.6 Å². The maximum Gasteiger partial charge on any atom is 0.339 e. The van der Waals surface area contributed by atoms with E-state index in [0.29, 0.717) is 11.1 Å². The van der Waals surface area contributed by atoms with E-state index in [9.17, 15) is 9.59 Å². The van der Waals surface area contributed by atoms with E-state index in [4.69, 9.17) is 9.47 Å². The monoisotopic (exact) mass is 582 g/mol. The van der Waals surface area contributed by atoms with Crippen molar-refractivity contribution in [2.75, 3.05) is 0 Å². The molecular formula is C18H16I2O4S. The number of alkyl halides is 2. The zero-order valence-electron chi connectivity index (χ0n) is 13.6. The Kier molecular flexibility index (Phi) is 8.01. The smallest absolute Gasteiger partial charge is 0.339 e. The molecule has 0 aliphatic heterocycles. The van der Waals surface area contributed by atoms with Gasteiger partial charge in [-0.3, -0.25) is 0 Å². The van der Waals surface area contributed by atoms with E-state index in [1.807, 2.05) is 83.3 Å². The van der Waals surface area contributed by atoms with Crippen LogP contribution in [0.3, 0.4) is 0 Å². The molecule has 2 aromatic rings. The fourth-order valence-corrected chi connectivity index (χ4v) is 3.16. The minimum atomic E-state index is -0.328. The zero-order chi connectivity index (χ0) is 18.4. The van der Waals surface area contributed by atoms with Crippen LogP contribution in [-0.4, -0.2) is 20.2 Å². The first-order chi connectivity index (χ1) is 11.8. The van der Waals surface area contributed by atoms with Crippen LogP contribution in [0.4, 0.5) is 0 Å². The van der Waals surface area contributed by atoms with E-state index >= 15 is 0 Å². The Bertz CT molecular complexity index is 664. The highest BCUT2D eigenvalue weighted by Crippen LogP contribution is 2.28. The van der Waals surface area contributed by atoms with Crippen molar-refractivity contribution in [2.45, 2.75) is 31.9 Å². The summed E-state index contributed by atoms with van der Waals surface area (Å²) in [6.45, 7) is 3.62. The second-order valence-corrected chi connectivity index (χ2v) is 9.70. The molecule has 0 spiro atoms. The van der Waals surface area contributed by atoms with Crippen LogP contribution in [0.2, 0.25) is 0 Å². The minimum absolute atomic E-state index is 0.167. The number of rotatable bonds is 6. The third-order valence-corrected chi connectivity index (χ3v) is 4.48. The van der Waals surface area contributed by atoms with Gasteiger partial charge in [-0.05, 0) is 108 Å². The van der Waals surface area contributed by atoms with Gasteiger partial charge in [-0.25, -0.2) is 9.59 Å². The highest BCUT2D eigenvalue weighted by Gasteiger charge is 2.11. The van der Waals surface area contributed by atoms with Gasteiger partial charge in [0.2, 0.25) is 0 Å². The lowest BCUT2D eigenvalue weighted by molar-refractivity contribution is 0.0492. The molecule has 0 saturated heterocycles. The van der Waals surface area contributed by atoms with Gasteiger partial charge in [0.15, 0.2) is 0 Å². The Hall–Kier alpha value is -0.810. The number of esters is 2. The quantitative estimate of drug-likeness (QED) is 0.248. The van der Waals surface area contributed by atoms with Crippen LogP contribution >= 0.6 is 56.9 Å². The molecule has 4 nitrogen and oxygen atoms in total. The van der Waals surface area contributed by atoms with Crippen LogP contribution in [0.25, 0.3) is 0 Å². The molecule has 0 heterocycles. The van der Waals surface area contributed by atoms with Gasteiger partial charge in [0.25, 0.3) is 0 Å². The molecule has 0 aliphatic rings. The molecule has 2 rings (SSSR count). The maximum atomic E-state index is 11.8. The minimum Gasteiger partial charge on any atom is -0.448 e. The number of carbonyl (C=O) groups excluding carboxylic acids is 2. The molecule has 7 heteroatoms. The van der Waals surface area contributed by atoms with Crippen LogP contribution in [-0.2, 0) is 9.47 Å². The lowest BCUT2D eigenvalue weighted by atomic mass is 10.2. The molecule has 132 valence electrons. The number of benzene rings is 2. The van der Waals surface area contributed by atoms with Crippen molar-refractivity contribution in [3.05, 3.63) is 59.7 Å². The van der Waals surface area contributed by atoms with Crippen molar-refractivity contribution >= 4 is 68.9 Å². The summed E-state index contributed by atoms with van der Waals surface area (Å²) >= 11 is 5.63. The fraction of sp³-hybridized carbons (Fsp3) is 0.222. The van der Waals surface area contributed by atoms with Crippen LogP contribution in [0, 0.1) is 0 Å². The predicted octanol–water partition coefficient (Wildman–Crippen LogP) is 5.71. The third kappa shape index (κ3) is 6.78. The van der Waals surface area contributed by atoms with Gasteiger partial charge in [0.1, 0.15) is 8.22 Å². The van der Waals surface area contributed by atoms with Gasteiger partial charge in [0.05, 0.1) is 11.1 Å². The molecule has 0 aromatic heterocycles. The van der Waals surface area contributed by atoms with Gasteiger partial charge in [-0.15, -0.1) is 0 Å². The van der Waals surface area contributed by atoms with Crippen molar-refractivity contribution in [1.29, 1.82) is 0 Å². The molecule has 0 bridgehead atoms. The third-order valence-electron chi connectivity index (χ3n) is 2.95. The van der Waals surface area contributed by atoms with E-state index in [0.717, 1.165) is 9.79 Å². The summed E-state index contributed by atoms with van der Waals surface area (Å²) in [6.07, 6.45) is 0. The number of hydrogen-bond acceptors (Lipinski definition) is 5. The molecule has 0 aliphatic carbocycles. The molecule has 25 heavy (non-hydrogen) atoms. The standard InChI is InChI=1S/C18H16I2O4S/c1-11(19)23-17(21)13-3-7-15(8-4-13)25-16-9-5-14(6-10-16)18(22)24-12(2)20/h3-12H,1-2H3. The largest absolute Gasteiger partial charge is 0.448 e. The summed E-state index contributed by atoms with van der Waals surface area (Å²) in [4.78, 5) is 25.6. The Morgan fingerprint density at radius 2 is 1.08 bits per heavy atom. The summed E-state index contributed by atoms with van der Waals surface area (Å²) in [5.74, 6) is -0.656. The molecule has 0 radical (unpaired) electrons. The van der Waals surface area contributed by atoms with E-state index in [1.165, 1.54) is 0 Å². The zero-order valence-corrected chi connectivity index (χ0v) is 18.7. The summed E-state index contributed by atoms with van der Waals surface area (Å²) in [6, 6.07) is 14.5. The summed E-state index contributed by atoms with van der Waals surface area (Å²) < 4.78 is 9.97. The normalized spacial score (nSPS) is 13.0. The molecule has 2 aromatic carbocycles. The average molecular weight is 582 g/mol. The van der Waals surface area contributed by atoms with Gasteiger partial charge in [0, 0.05) is 9.79 Å². The Balaban J connectivity index is 2.00. The SMILES string of the molecule is CC(I)OC(=O)c1ccc(Sc2ccc(C(=O)OC(C)I)cc2)cc1. The number of hydrogen-bond donors (Lipinski definition) is 0. The number of halogens is 2. The van der Waals surface area contributed by atoms with Crippen LogP contribution in [0.15, 0.2) is 58.3 Å². The first-order valence-electron chi connectivity index (χ1n) is 7.43. The lowest BCUT2D eigenvalue weighted by Crippen LogP contribution is -2.09. The van der Waals surface area contributed by atoms with E-state index in [-0.39, 0.29) is 20.2 Å². The summed E-state index contributed by atoms with van der Waals surface area (Å²) in [7, 11) is 0. The van der Waals surface area contributed by atoms with Gasteiger partial charge < -0.3 is 9.47 Å². The highest BCUT2D eigenvalue weighted by molar-refractivity contribution is 14.1. The van der Waals surface area contributed by atoms with Gasteiger partial charge >= 0.3 is 11.9 Å². The molecule has 2 atom stereocenters. The van der Waals surface area contributed by atoms with Crippen molar-refractivity contribution in [2.24, 2.45) is 0 Å². The highest BCUT2D eigenvalue weighted by atomic mass is 127. The van der Waals surface area contributed by atoms with Crippen molar-refractivity contribution in [3.63, 3.8) is 0 Å². The second kappa shape index (κ2) is 9.77. The summed E-state index contributed by atoms with van der Waals surface area (Å²) in [5, 5.41) is 0. The molecule has 0 saturated carbocycles. The van der Waals surface area contributed by atoms with Crippen LogP contribution < -0.4 is 0 Å². The van der Waals surface area contributed by atoms with E-state index in [1.54, 1.807) is 36.0 Å². The first kappa shape index (κ1) is 20.5. The molecule has 0 N–H and O–H groups in total. The number of carbonyl (C=O) groups is 2. The maximum absolute atomic E-state index is 11.8. The number of ether oxygens (including phenoxy) is 2. The summed E-state index contributed by atoms with van der Waals surface area (Å²) in [5.41, 5.74) is 1.05.